The predicted octanol–water partition coefficient (Wildman–Crippen LogP) is 3.40. The predicted molar refractivity (Wildman–Crippen MR) is 128 cm³/mol. The Labute approximate surface area is 203 Å². The number of carbonyl (C=O) groups is 3. The summed E-state index contributed by atoms with van der Waals surface area (Å²) in [4.78, 5) is 42.2. The van der Waals surface area contributed by atoms with Crippen LogP contribution in [0.25, 0.3) is 0 Å². The molecule has 3 aliphatic heterocycles. The minimum atomic E-state index is -0.726. The summed E-state index contributed by atoms with van der Waals surface area (Å²) in [7, 11) is 0. The van der Waals surface area contributed by atoms with Gasteiger partial charge in [-0.25, -0.2) is 0 Å². The first-order valence-corrected chi connectivity index (χ1v) is 12.7. The van der Waals surface area contributed by atoms with E-state index in [1.165, 1.54) is 0 Å². The Morgan fingerprint density at radius 2 is 2.09 bits per heavy atom. The van der Waals surface area contributed by atoms with Crippen molar-refractivity contribution in [2.24, 2.45) is 11.8 Å². The van der Waals surface area contributed by atoms with Crippen LogP contribution in [-0.2, 0) is 19.1 Å². The van der Waals surface area contributed by atoms with Crippen LogP contribution < -0.4 is 5.32 Å². The minimum absolute atomic E-state index is 0.0184. The number of halogens is 1. The lowest BCUT2D eigenvalue weighted by Crippen LogP contribution is -2.51. The van der Waals surface area contributed by atoms with Crippen LogP contribution in [0.3, 0.4) is 0 Å². The maximum absolute atomic E-state index is 13.8. The number of amides is 2. The summed E-state index contributed by atoms with van der Waals surface area (Å²) in [6.07, 6.45) is 2.53. The van der Waals surface area contributed by atoms with Crippen LogP contribution >= 0.6 is 23.4 Å². The molecule has 180 valence electrons. The fourth-order valence-corrected chi connectivity index (χ4v) is 8.55. The Kier molecular flexibility index (Phi) is 6.73. The van der Waals surface area contributed by atoms with Gasteiger partial charge in [-0.15, -0.1) is 11.8 Å². The zero-order valence-corrected chi connectivity index (χ0v) is 20.8. The van der Waals surface area contributed by atoms with E-state index in [0.29, 0.717) is 36.5 Å². The van der Waals surface area contributed by atoms with E-state index >= 15 is 0 Å². The van der Waals surface area contributed by atoms with Gasteiger partial charge in [0.25, 0.3) is 0 Å². The number of aliphatic hydroxyl groups excluding tert-OH is 1. The number of anilines is 1. The van der Waals surface area contributed by atoms with Gasteiger partial charge in [-0.1, -0.05) is 23.7 Å². The number of benzene rings is 1. The monoisotopic (exact) mass is 494 g/mol. The second-order valence-corrected chi connectivity index (χ2v) is 11.7. The van der Waals surface area contributed by atoms with Crippen molar-refractivity contribution in [1.29, 1.82) is 0 Å². The lowest BCUT2D eigenvalue weighted by molar-refractivity contribution is -0.155. The molecule has 2 bridgehead atoms. The van der Waals surface area contributed by atoms with Crippen LogP contribution in [0.15, 0.2) is 18.2 Å². The highest BCUT2D eigenvalue weighted by Crippen LogP contribution is 2.71. The number of ether oxygens (including phenoxy) is 1. The Bertz CT molecular complexity index is 954. The number of hydrogen-bond acceptors (Lipinski definition) is 6. The van der Waals surface area contributed by atoms with Gasteiger partial charge >= 0.3 is 5.97 Å². The van der Waals surface area contributed by atoms with Gasteiger partial charge in [-0.2, -0.15) is 0 Å². The van der Waals surface area contributed by atoms with Crippen molar-refractivity contribution in [2.45, 2.75) is 62.0 Å². The quantitative estimate of drug-likeness (QED) is 0.424. The highest BCUT2D eigenvalue weighted by Gasteiger charge is 2.77. The van der Waals surface area contributed by atoms with Crippen molar-refractivity contribution in [1.82, 2.24) is 4.90 Å². The molecule has 0 aliphatic carbocycles. The molecule has 5 atom stereocenters. The number of likely N-dealkylation sites (tertiary alicyclic amines) is 1. The molecule has 3 fully saturated rings. The molecule has 7 nitrogen and oxygen atoms in total. The first kappa shape index (κ1) is 24.4. The Morgan fingerprint density at radius 3 is 2.76 bits per heavy atom. The second kappa shape index (κ2) is 9.12. The molecule has 1 spiro atoms. The largest absolute Gasteiger partial charge is 0.466 e. The molecule has 3 saturated heterocycles. The number of fused-ring (bicyclic) bond motifs is 1. The molecule has 1 aromatic rings. The molecule has 9 heteroatoms. The maximum atomic E-state index is 13.8. The number of rotatable bonds is 8. The molecule has 1 aromatic carbocycles. The second-order valence-electron chi connectivity index (χ2n) is 9.36. The fraction of sp³-hybridized carbons (Fsp3) is 0.625. The topological polar surface area (TPSA) is 95.9 Å². The molecule has 3 aliphatic rings. The van der Waals surface area contributed by atoms with Crippen LogP contribution in [0.2, 0.25) is 5.02 Å². The van der Waals surface area contributed by atoms with E-state index in [4.69, 9.17) is 16.3 Å². The van der Waals surface area contributed by atoms with E-state index in [0.717, 1.165) is 12.0 Å². The summed E-state index contributed by atoms with van der Waals surface area (Å²) in [5.41, 5.74) is 1.37. The Balaban J connectivity index is 1.73. The summed E-state index contributed by atoms with van der Waals surface area (Å²) in [6.45, 7) is 6.27. The van der Waals surface area contributed by atoms with E-state index in [1.807, 2.05) is 26.0 Å². The SMILES string of the molecule is CCOC(=O)[C@H]1[C@H]2C(=O)N(CCCCO)C(C(=O)Nc3c(C)cccc3Cl)C23CC[C@]1(C)S3. The third-order valence-corrected chi connectivity index (χ3v) is 9.64. The van der Waals surface area contributed by atoms with E-state index < -0.39 is 27.4 Å². The molecule has 2 amide bonds. The van der Waals surface area contributed by atoms with Crippen molar-refractivity contribution in [3.05, 3.63) is 28.8 Å². The summed E-state index contributed by atoms with van der Waals surface area (Å²) in [6, 6.07) is 4.68. The summed E-state index contributed by atoms with van der Waals surface area (Å²) in [5, 5.41) is 12.7. The highest BCUT2D eigenvalue weighted by atomic mass is 35.5. The number of aryl methyl sites for hydroxylation is 1. The van der Waals surface area contributed by atoms with E-state index in [1.54, 1.807) is 29.7 Å². The molecule has 0 aromatic heterocycles. The van der Waals surface area contributed by atoms with E-state index in [2.05, 4.69) is 5.32 Å². The number of para-hydroxylation sites is 1. The summed E-state index contributed by atoms with van der Waals surface area (Å²) in [5.74, 6) is -1.99. The van der Waals surface area contributed by atoms with Gasteiger partial charge in [0.15, 0.2) is 0 Å². The zero-order valence-electron chi connectivity index (χ0n) is 19.2. The third kappa shape index (κ3) is 3.84. The molecule has 3 heterocycles. The van der Waals surface area contributed by atoms with E-state index in [-0.39, 0.29) is 31.0 Å². The number of hydrogen-bond donors (Lipinski definition) is 2. The molecule has 2 unspecified atom stereocenters. The average Bonchev–Trinajstić information content (AvgIpc) is 3.32. The van der Waals surface area contributed by atoms with Gasteiger partial charge in [-0.05, 0) is 58.1 Å². The van der Waals surface area contributed by atoms with Gasteiger partial charge in [0.1, 0.15) is 6.04 Å². The van der Waals surface area contributed by atoms with Crippen LogP contribution in [0, 0.1) is 18.8 Å². The van der Waals surface area contributed by atoms with Gasteiger partial charge in [0.05, 0.1) is 33.9 Å². The fourth-order valence-electron chi connectivity index (χ4n) is 5.93. The number of aliphatic hydroxyl groups is 1. The van der Waals surface area contributed by atoms with E-state index in [9.17, 15) is 19.5 Å². The number of unbranched alkanes of at least 4 members (excludes halogenated alkanes) is 1. The molecule has 2 N–H and O–H groups in total. The number of esters is 1. The number of carbonyl (C=O) groups excluding carboxylic acids is 3. The van der Waals surface area contributed by atoms with Gasteiger partial charge in [-0.3, -0.25) is 14.4 Å². The normalized spacial score (nSPS) is 32.2. The maximum Gasteiger partial charge on any atom is 0.311 e. The highest BCUT2D eigenvalue weighted by molar-refractivity contribution is 8.02. The van der Waals surface area contributed by atoms with Crippen molar-refractivity contribution in [3.63, 3.8) is 0 Å². The van der Waals surface area contributed by atoms with Crippen LogP contribution in [0.1, 0.15) is 45.1 Å². The van der Waals surface area contributed by atoms with Crippen molar-refractivity contribution in [2.75, 3.05) is 25.1 Å². The van der Waals surface area contributed by atoms with Crippen molar-refractivity contribution < 1.29 is 24.2 Å². The third-order valence-electron chi connectivity index (χ3n) is 7.34. The Hall–Kier alpha value is -1.77. The average molecular weight is 495 g/mol. The zero-order chi connectivity index (χ0) is 24.0. The van der Waals surface area contributed by atoms with Crippen molar-refractivity contribution >= 4 is 46.8 Å². The molecule has 4 rings (SSSR count). The lowest BCUT2D eigenvalue weighted by atomic mass is 9.66. The molecule has 0 radical (unpaired) electrons. The van der Waals surface area contributed by atoms with Crippen LogP contribution in [0.4, 0.5) is 5.69 Å². The molecular formula is C24H31ClN2O5S. The van der Waals surface area contributed by atoms with Crippen LogP contribution in [-0.4, -0.2) is 63.1 Å². The molecule has 0 saturated carbocycles. The summed E-state index contributed by atoms with van der Waals surface area (Å²) < 4.78 is 4.24. The van der Waals surface area contributed by atoms with Gasteiger partial charge < -0.3 is 20.1 Å². The smallest absolute Gasteiger partial charge is 0.311 e. The molecule has 33 heavy (non-hydrogen) atoms. The number of nitrogens with zero attached hydrogens (tertiary/aromatic N) is 1. The lowest BCUT2D eigenvalue weighted by Gasteiger charge is -2.34. The first-order chi connectivity index (χ1) is 15.7. The van der Waals surface area contributed by atoms with Crippen molar-refractivity contribution in [3.8, 4) is 0 Å². The number of nitrogens with one attached hydrogen (secondary N) is 1. The van der Waals surface area contributed by atoms with Gasteiger partial charge in [0, 0.05) is 17.9 Å². The first-order valence-electron chi connectivity index (χ1n) is 11.5. The van der Waals surface area contributed by atoms with Gasteiger partial charge in [0.2, 0.25) is 11.8 Å². The minimum Gasteiger partial charge on any atom is -0.466 e. The standard InChI is InChI=1S/C24H31ClN2O5S/c1-4-32-22(31)17-16-21(30)27(12-5-6-13-28)19(24(16)11-10-23(17,3)33-24)20(29)26-18-14(2)8-7-9-15(18)25/h7-9,16-17,19,28H,4-6,10-13H2,1-3H3,(H,26,29)/t16-,17+,19?,23-,24?/m0/s1. The Morgan fingerprint density at radius 1 is 1.33 bits per heavy atom. The van der Waals surface area contributed by atoms with Crippen LogP contribution in [0.5, 0.6) is 0 Å². The summed E-state index contributed by atoms with van der Waals surface area (Å²) >= 11 is 7.98. The number of thioether (sulfide) groups is 1. The molecular weight excluding hydrogens is 464 g/mol.